The van der Waals surface area contributed by atoms with E-state index in [4.69, 9.17) is 20.8 Å². The summed E-state index contributed by atoms with van der Waals surface area (Å²) in [5.41, 5.74) is 0.648. The molecule has 0 fully saturated rings. The number of ether oxygens (including phenoxy) is 1. The van der Waals surface area contributed by atoms with E-state index in [-0.39, 0.29) is 23.8 Å². The van der Waals surface area contributed by atoms with Crippen molar-refractivity contribution in [2.75, 3.05) is 0 Å². The van der Waals surface area contributed by atoms with Crippen LogP contribution in [0.2, 0.25) is 5.02 Å². The minimum absolute atomic E-state index is 0.0677. The first-order valence-electron chi connectivity index (χ1n) is 9.71. The van der Waals surface area contributed by atoms with Gasteiger partial charge in [-0.3, -0.25) is 0 Å². The Balaban J connectivity index is 1.55. The monoisotopic (exact) mass is 510 g/mol. The number of benzene rings is 2. The molecule has 0 radical (unpaired) electrons. The van der Waals surface area contributed by atoms with Gasteiger partial charge in [-0.1, -0.05) is 23.7 Å². The second kappa shape index (κ2) is 10.0. The zero-order valence-electron chi connectivity index (χ0n) is 17.1. The fourth-order valence-corrected chi connectivity index (χ4v) is 3.72. The van der Waals surface area contributed by atoms with Gasteiger partial charge in [0.05, 0.1) is 5.02 Å². The van der Waals surface area contributed by atoms with Crippen LogP contribution in [0.5, 0.6) is 5.75 Å². The minimum Gasteiger partial charge on any atom is -0.487 e. The lowest BCUT2D eigenvalue weighted by Crippen LogP contribution is -2.20. The van der Waals surface area contributed by atoms with Gasteiger partial charge in [0.2, 0.25) is 5.89 Å². The van der Waals surface area contributed by atoms with E-state index in [2.05, 4.69) is 9.97 Å². The minimum atomic E-state index is -4.76. The van der Waals surface area contributed by atoms with Crippen LogP contribution in [-0.2, 0) is 6.61 Å². The molecule has 0 aliphatic carbocycles. The summed E-state index contributed by atoms with van der Waals surface area (Å²) in [5, 5.41) is 10.8. The van der Waals surface area contributed by atoms with Crippen molar-refractivity contribution in [3.05, 3.63) is 89.0 Å². The van der Waals surface area contributed by atoms with E-state index >= 15 is 0 Å². The molecular formula is C23H15ClF4N2O3S. The summed E-state index contributed by atoms with van der Waals surface area (Å²) < 4.78 is 62.9. The number of aliphatic hydroxyl groups is 1. The molecule has 1 atom stereocenters. The molecule has 176 valence electrons. The van der Waals surface area contributed by atoms with Crippen LogP contribution in [0.25, 0.3) is 11.5 Å². The Bertz CT molecular complexity index is 1250. The van der Waals surface area contributed by atoms with Crippen LogP contribution in [0.1, 0.15) is 17.4 Å². The van der Waals surface area contributed by atoms with Gasteiger partial charge in [-0.15, -0.1) is 0 Å². The maximum atomic E-state index is 13.3. The molecule has 1 unspecified atom stereocenters. The van der Waals surface area contributed by atoms with E-state index in [1.54, 1.807) is 12.1 Å². The van der Waals surface area contributed by atoms with Crippen LogP contribution in [0.4, 0.5) is 17.6 Å². The zero-order valence-corrected chi connectivity index (χ0v) is 18.7. The second-order valence-electron chi connectivity index (χ2n) is 6.98. The number of halogens is 5. The number of aliphatic hydroxyl groups excluding tert-OH is 1. The van der Waals surface area contributed by atoms with Gasteiger partial charge >= 0.3 is 6.18 Å². The number of aromatic nitrogens is 2. The highest BCUT2D eigenvalue weighted by molar-refractivity contribution is 7.99. The molecule has 2 heterocycles. The molecule has 0 aliphatic rings. The summed E-state index contributed by atoms with van der Waals surface area (Å²) in [7, 11) is 0. The molecule has 0 spiro atoms. The largest absolute Gasteiger partial charge is 0.487 e. The highest BCUT2D eigenvalue weighted by Crippen LogP contribution is 2.35. The Kier molecular flexibility index (Phi) is 7.11. The third kappa shape index (κ3) is 5.88. The van der Waals surface area contributed by atoms with Crippen molar-refractivity contribution in [3.8, 4) is 17.2 Å². The summed E-state index contributed by atoms with van der Waals surface area (Å²) in [6, 6.07) is 13.9. The molecule has 0 saturated carbocycles. The van der Waals surface area contributed by atoms with Gasteiger partial charge in [0.15, 0.2) is 11.2 Å². The van der Waals surface area contributed by atoms with Gasteiger partial charge in [-0.05, 0) is 65.9 Å². The number of pyridine rings is 1. The first-order valence-corrected chi connectivity index (χ1v) is 10.9. The van der Waals surface area contributed by atoms with E-state index in [1.165, 1.54) is 54.4 Å². The van der Waals surface area contributed by atoms with Crippen LogP contribution in [0.3, 0.4) is 0 Å². The average Bonchev–Trinajstić information content (AvgIpc) is 3.21. The SMILES string of the molecule is OC(c1ccc(OCc2nc(-c3ccc(F)cc3)oc2Sc2ccc(Cl)cn2)cc1)C(F)(F)F. The van der Waals surface area contributed by atoms with Crippen molar-refractivity contribution in [1.82, 2.24) is 9.97 Å². The number of alkyl halides is 3. The van der Waals surface area contributed by atoms with Gasteiger partial charge in [-0.2, -0.15) is 13.2 Å². The predicted octanol–water partition coefficient (Wildman–Crippen LogP) is 6.86. The summed E-state index contributed by atoms with van der Waals surface area (Å²) in [5.74, 6) is 0.0987. The van der Waals surface area contributed by atoms with Gasteiger partial charge in [0, 0.05) is 11.8 Å². The number of rotatable bonds is 7. The van der Waals surface area contributed by atoms with Gasteiger partial charge in [0.1, 0.15) is 28.9 Å². The van der Waals surface area contributed by atoms with Crippen LogP contribution in [0.15, 0.2) is 81.4 Å². The number of hydrogen-bond donors (Lipinski definition) is 1. The van der Waals surface area contributed by atoms with Crippen molar-refractivity contribution in [3.63, 3.8) is 0 Å². The molecule has 11 heteroatoms. The smallest absolute Gasteiger partial charge is 0.418 e. The molecular weight excluding hydrogens is 496 g/mol. The third-order valence-corrected chi connectivity index (χ3v) is 5.71. The fourth-order valence-electron chi connectivity index (χ4n) is 2.83. The number of oxazole rings is 1. The molecule has 4 aromatic rings. The first-order chi connectivity index (χ1) is 16.2. The molecule has 2 aromatic heterocycles. The quantitative estimate of drug-likeness (QED) is 0.274. The molecule has 4 rings (SSSR count). The highest BCUT2D eigenvalue weighted by atomic mass is 35.5. The molecule has 2 aromatic carbocycles. The molecule has 1 N–H and O–H groups in total. The number of nitrogens with zero attached hydrogens (tertiary/aromatic N) is 2. The Hall–Kier alpha value is -3.08. The normalized spacial score (nSPS) is 12.5. The highest BCUT2D eigenvalue weighted by Gasteiger charge is 2.39. The second-order valence-corrected chi connectivity index (χ2v) is 8.41. The summed E-state index contributed by atoms with van der Waals surface area (Å²) >= 11 is 7.05. The Morgan fingerprint density at radius 3 is 2.35 bits per heavy atom. The maximum absolute atomic E-state index is 13.3. The maximum Gasteiger partial charge on any atom is 0.418 e. The van der Waals surface area contributed by atoms with Crippen LogP contribution in [-0.4, -0.2) is 21.3 Å². The topological polar surface area (TPSA) is 68.4 Å². The summed E-state index contributed by atoms with van der Waals surface area (Å²) in [4.78, 5) is 8.65. The molecule has 5 nitrogen and oxygen atoms in total. The Morgan fingerprint density at radius 2 is 1.74 bits per heavy atom. The van der Waals surface area contributed by atoms with E-state index in [0.29, 0.717) is 26.4 Å². The number of hydrogen-bond acceptors (Lipinski definition) is 6. The van der Waals surface area contributed by atoms with Crippen molar-refractivity contribution in [2.45, 2.75) is 29.0 Å². The molecule has 0 aliphatic heterocycles. The lowest BCUT2D eigenvalue weighted by Gasteiger charge is -2.15. The van der Waals surface area contributed by atoms with E-state index in [0.717, 1.165) is 12.1 Å². The van der Waals surface area contributed by atoms with Crippen molar-refractivity contribution >= 4 is 23.4 Å². The van der Waals surface area contributed by atoms with Crippen molar-refractivity contribution in [1.29, 1.82) is 0 Å². The molecule has 34 heavy (non-hydrogen) atoms. The van der Waals surface area contributed by atoms with Crippen molar-refractivity contribution in [2.24, 2.45) is 0 Å². The Labute approximate surface area is 200 Å². The standard InChI is InChI=1S/C23H15ClF4N2O3S/c24-15-5-10-19(29-11-15)34-22-18(30-21(33-22)14-1-6-16(25)7-2-14)12-32-17-8-3-13(4-9-17)20(31)23(26,27)28/h1-11,20,31H,12H2. The zero-order chi connectivity index (χ0) is 24.3. The van der Waals surface area contributed by atoms with E-state index in [1.807, 2.05) is 0 Å². The van der Waals surface area contributed by atoms with E-state index in [9.17, 15) is 22.7 Å². The third-order valence-electron chi connectivity index (χ3n) is 4.53. The molecule has 0 bridgehead atoms. The average molecular weight is 511 g/mol. The first kappa shape index (κ1) is 24.1. The summed E-state index contributed by atoms with van der Waals surface area (Å²) in [6.07, 6.45) is -5.86. The van der Waals surface area contributed by atoms with Gasteiger partial charge < -0.3 is 14.3 Å². The lowest BCUT2D eigenvalue weighted by atomic mass is 10.1. The predicted molar refractivity (Wildman–Crippen MR) is 117 cm³/mol. The van der Waals surface area contributed by atoms with Crippen molar-refractivity contribution < 1.29 is 31.8 Å². The van der Waals surface area contributed by atoms with Gasteiger partial charge in [0.25, 0.3) is 0 Å². The molecule has 0 saturated heterocycles. The Morgan fingerprint density at radius 1 is 1.03 bits per heavy atom. The summed E-state index contributed by atoms with van der Waals surface area (Å²) in [6.45, 7) is -0.0677. The lowest BCUT2D eigenvalue weighted by molar-refractivity contribution is -0.206. The molecule has 0 amide bonds. The van der Waals surface area contributed by atoms with Crippen LogP contribution < -0.4 is 4.74 Å². The van der Waals surface area contributed by atoms with Crippen LogP contribution in [0, 0.1) is 5.82 Å². The fraction of sp³-hybridized carbons (Fsp3) is 0.130. The van der Waals surface area contributed by atoms with Crippen LogP contribution >= 0.6 is 23.4 Å². The van der Waals surface area contributed by atoms with Gasteiger partial charge in [-0.25, -0.2) is 14.4 Å². The van der Waals surface area contributed by atoms with E-state index < -0.39 is 18.1 Å².